The van der Waals surface area contributed by atoms with Gasteiger partial charge in [0, 0.05) is 31.4 Å². The Morgan fingerprint density at radius 2 is 1.58 bits per heavy atom. The van der Waals surface area contributed by atoms with E-state index in [1.807, 2.05) is 0 Å². The Kier molecular flexibility index (Phi) is 17.2. The van der Waals surface area contributed by atoms with Crippen LogP contribution in [0.5, 0.6) is 0 Å². The lowest BCUT2D eigenvalue weighted by atomic mass is 9.88. The molecular weight excluding hydrogens is 708 g/mol. The number of aliphatic hydroxyl groups excluding tert-OH is 10. The van der Waals surface area contributed by atoms with Crippen molar-refractivity contribution in [2.75, 3.05) is 33.0 Å². The quantitative estimate of drug-likeness (QED) is 0.0253. The molecular formula is C29H50N4O19. The average molecular weight is 759 g/mol. The monoisotopic (exact) mass is 758 g/mol. The summed E-state index contributed by atoms with van der Waals surface area (Å²) < 4.78 is 33.5. The minimum atomic E-state index is -3.03. The van der Waals surface area contributed by atoms with Gasteiger partial charge in [0.05, 0.1) is 32.0 Å². The van der Waals surface area contributed by atoms with Crippen LogP contribution in [-0.4, -0.2) is 199 Å². The summed E-state index contributed by atoms with van der Waals surface area (Å²) in [5.41, 5.74) is 8.32. The molecule has 0 bridgehead atoms. The van der Waals surface area contributed by atoms with Crippen molar-refractivity contribution >= 4 is 11.9 Å². The molecule has 3 heterocycles. The number of azide groups is 1. The SMILES string of the molecule is CC(=O)N[C@H]1[C@H]([C@H](O)[C@H](O)CO)O[C@@](O[C@H]2[C@@H](O)[C@@H](CO)O[C@@H](O[C@H]3[C@H](O)[C@@H](O)[C@H](OCCCCCCN=[N+]=[N-])O[C@@H]3CO)[C@@H]2O)(C(=O)O)C[C@@H]1O. The topological polar surface area (TPSA) is 373 Å². The fourth-order valence-electron chi connectivity index (χ4n) is 6.17. The van der Waals surface area contributed by atoms with Crippen LogP contribution < -0.4 is 5.32 Å². The summed E-state index contributed by atoms with van der Waals surface area (Å²) in [5.74, 6) is -5.75. The van der Waals surface area contributed by atoms with Crippen LogP contribution in [0.25, 0.3) is 10.4 Å². The average Bonchev–Trinajstić information content (AvgIpc) is 3.11. The first-order valence-corrected chi connectivity index (χ1v) is 16.7. The summed E-state index contributed by atoms with van der Waals surface area (Å²) >= 11 is 0. The van der Waals surface area contributed by atoms with Crippen LogP contribution >= 0.6 is 0 Å². The van der Waals surface area contributed by atoms with Crippen LogP contribution in [-0.2, 0) is 38.0 Å². The number of ether oxygens (including phenoxy) is 6. The third-order valence-corrected chi connectivity index (χ3v) is 8.94. The highest BCUT2D eigenvalue weighted by atomic mass is 16.8. The van der Waals surface area contributed by atoms with Gasteiger partial charge in [-0.05, 0) is 18.4 Å². The summed E-state index contributed by atoms with van der Waals surface area (Å²) in [5, 5.41) is 121. The summed E-state index contributed by atoms with van der Waals surface area (Å²) in [4.78, 5) is 27.2. The van der Waals surface area contributed by atoms with E-state index in [4.69, 9.17) is 34.0 Å². The number of carboxylic acid groups (broad SMARTS) is 1. The maximum Gasteiger partial charge on any atom is 0.364 e. The number of hydrogen-bond acceptors (Lipinski definition) is 19. The van der Waals surface area contributed by atoms with Crippen LogP contribution in [0.4, 0.5) is 0 Å². The van der Waals surface area contributed by atoms with E-state index >= 15 is 0 Å². The van der Waals surface area contributed by atoms with E-state index in [0.29, 0.717) is 25.8 Å². The molecule has 52 heavy (non-hydrogen) atoms. The fourth-order valence-corrected chi connectivity index (χ4v) is 6.17. The van der Waals surface area contributed by atoms with E-state index in [1.54, 1.807) is 0 Å². The molecule has 3 aliphatic rings. The van der Waals surface area contributed by atoms with Crippen molar-refractivity contribution in [3.63, 3.8) is 0 Å². The van der Waals surface area contributed by atoms with Crippen molar-refractivity contribution in [2.24, 2.45) is 5.11 Å². The van der Waals surface area contributed by atoms with E-state index in [-0.39, 0.29) is 6.61 Å². The van der Waals surface area contributed by atoms with E-state index in [2.05, 4.69) is 15.3 Å². The van der Waals surface area contributed by atoms with Crippen LogP contribution in [0.3, 0.4) is 0 Å². The lowest BCUT2D eigenvalue weighted by Gasteiger charge is -2.50. The molecule has 3 fully saturated rings. The molecule has 0 unspecified atom stereocenters. The van der Waals surface area contributed by atoms with Crippen LogP contribution in [0.15, 0.2) is 5.11 Å². The van der Waals surface area contributed by atoms with Gasteiger partial charge in [-0.2, -0.15) is 0 Å². The van der Waals surface area contributed by atoms with Gasteiger partial charge in [0.1, 0.15) is 67.1 Å². The molecule has 3 saturated heterocycles. The molecule has 3 rings (SSSR count). The van der Waals surface area contributed by atoms with Crippen molar-refractivity contribution in [1.82, 2.24) is 5.32 Å². The molecule has 0 radical (unpaired) electrons. The van der Waals surface area contributed by atoms with Gasteiger partial charge in [-0.15, -0.1) is 0 Å². The highest BCUT2D eigenvalue weighted by Gasteiger charge is 2.60. The normalized spacial score (nSPS) is 39.2. The Bertz CT molecular complexity index is 1180. The van der Waals surface area contributed by atoms with Gasteiger partial charge in [0.15, 0.2) is 12.6 Å². The molecule has 0 spiro atoms. The van der Waals surface area contributed by atoms with Gasteiger partial charge in [-0.1, -0.05) is 18.0 Å². The molecule has 0 saturated carbocycles. The second kappa shape index (κ2) is 20.3. The highest BCUT2D eigenvalue weighted by Crippen LogP contribution is 2.38. The van der Waals surface area contributed by atoms with Crippen molar-refractivity contribution < 1.29 is 94.2 Å². The van der Waals surface area contributed by atoms with Crippen molar-refractivity contribution in [2.45, 2.75) is 137 Å². The van der Waals surface area contributed by atoms with Gasteiger partial charge < -0.3 is 89.9 Å². The minimum absolute atomic E-state index is 0.0870. The van der Waals surface area contributed by atoms with E-state index in [9.17, 15) is 65.8 Å². The number of unbranched alkanes of at least 4 members (excludes halogenated alkanes) is 3. The number of nitrogens with one attached hydrogen (secondary N) is 1. The molecule has 0 aromatic carbocycles. The number of carbonyl (C=O) groups excluding carboxylic acids is 1. The summed E-state index contributed by atoms with van der Waals surface area (Å²) in [6.45, 7) is -1.35. The lowest BCUT2D eigenvalue weighted by Crippen LogP contribution is -2.70. The predicted octanol–water partition coefficient (Wildman–Crippen LogP) is -5.33. The first kappa shape index (κ1) is 44.0. The number of rotatable bonds is 19. The Hall–Kier alpha value is -2.39. The first-order valence-electron chi connectivity index (χ1n) is 16.7. The Labute approximate surface area is 296 Å². The van der Waals surface area contributed by atoms with Crippen LogP contribution in [0.2, 0.25) is 0 Å². The number of carboxylic acids is 1. The van der Waals surface area contributed by atoms with E-state index in [0.717, 1.165) is 13.3 Å². The van der Waals surface area contributed by atoms with E-state index < -0.39 is 136 Å². The Morgan fingerprint density at radius 1 is 0.923 bits per heavy atom. The molecule has 12 N–H and O–H groups in total. The molecule has 0 aliphatic carbocycles. The van der Waals surface area contributed by atoms with E-state index in [1.165, 1.54) is 0 Å². The van der Waals surface area contributed by atoms with Gasteiger partial charge in [-0.25, -0.2) is 4.79 Å². The zero-order chi connectivity index (χ0) is 38.7. The zero-order valence-electron chi connectivity index (χ0n) is 28.3. The summed E-state index contributed by atoms with van der Waals surface area (Å²) in [7, 11) is 0. The third kappa shape index (κ3) is 10.6. The zero-order valence-corrected chi connectivity index (χ0v) is 28.3. The second-order valence-corrected chi connectivity index (χ2v) is 12.7. The van der Waals surface area contributed by atoms with Gasteiger partial charge in [0.25, 0.3) is 5.79 Å². The third-order valence-electron chi connectivity index (χ3n) is 8.94. The fraction of sp³-hybridized carbons (Fsp3) is 0.931. The maximum atomic E-state index is 12.7. The number of amides is 1. The number of aliphatic carboxylic acids is 1. The second-order valence-electron chi connectivity index (χ2n) is 12.7. The molecule has 23 nitrogen and oxygen atoms in total. The maximum absolute atomic E-state index is 12.7. The smallest absolute Gasteiger partial charge is 0.364 e. The number of carbonyl (C=O) groups is 2. The van der Waals surface area contributed by atoms with Gasteiger partial charge in [0.2, 0.25) is 5.91 Å². The van der Waals surface area contributed by atoms with Crippen LogP contribution in [0, 0.1) is 0 Å². The Morgan fingerprint density at radius 3 is 2.17 bits per heavy atom. The summed E-state index contributed by atoms with van der Waals surface area (Å²) in [6, 6.07) is -1.55. The standard InChI is InChI=1S/C29H50N4O19/c1-12(37)32-17-13(38)8-29(28(45)46,51-24(17)18(40)14(39)9-34)52-25-19(41)15(10-35)48-27(22(25)44)50-23-16(11-36)49-26(21(43)20(23)42)47-7-5-3-2-4-6-31-33-30/h13-27,34-36,38-44H,2-11H2,1H3,(H,32,37)(H,45,46)/t13-,14+,15+,16+,17+,18+,19-,20+,21+,22+,23+,24+,25-,26+,27-,29-/m0/s1. The molecule has 1 amide bonds. The molecule has 23 heteroatoms. The summed E-state index contributed by atoms with van der Waals surface area (Å²) in [6.07, 6.45) is -24.3. The predicted molar refractivity (Wildman–Crippen MR) is 166 cm³/mol. The largest absolute Gasteiger partial charge is 0.477 e. The molecule has 0 aromatic rings. The minimum Gasteiger partial charge on any atom is -0.477 e. The molecule has 16 atom stereocenters. The van der Waals surface area contributed by atoms with Crippen LogP contribution in [0.1, 0.15) is 39.0 Å². The lowest BCUT2D eigenvalue weighted by molar-refractivity contribution is -0.386. The number of hydrogen-bond donors (Lipinski definition) is 12. The van der Waals surface area contributed by atoms with Crippen molar-refractivity contribution in [3.8, 4) is 0 Å². The number of aliphatic hydroxyl groups is 10. The number of nitrogens with zero attached hydrogens (tertiary/aromatic N) is 3. The van der Waals surface area contributed by atoms with Gasteiger partial charge >= 0.3 is 5.97 Å². The van der Waals surface area contributed by atoms with Crippen molar-refractivity contribution in [1.29, 1.82) is 0 Å². The Balaban J connectivity index is 1.79. The molecule has 0 aromatic heterocycles. The first-order chi connectivity index (χ1) is 24.7. The molecule has 3 aliphatic heterocycles. The van der Waals surface area contributed by atoms with Crippen molar-refractivity contribution in [3.05, 3.63) is 10.4 Å². The molecule has 300 valence electrons. The highest BCUT2D eigenvalue weighted by molar-refractivity contribution is 5.76. The van der Waals surface area contributed by atoms with Gasteiger partial charge in [-0.3, -0.25) is 4.79 Å².